The van der Waals surface area contributed by atoms with Crippen molar-refractivity contribution in [1.29, 1.82) is 0 Å². The summed E-state index contributed by atoms with van der Waals surface area (Å²) < 4.78 is 23.9. The fourth-order valence-corrected chi connectivity index (χ4v) is 1.77. The van der Waals surface area contributed by atoms with Crippen molar-refractivity contribution in [2.24, 2.45) is 5.92 Å². The van der Waals surface area contributed by atoms with Crippen LogP contribution in [0.25, 0.3) is 0 Å². The number of ether oxygens (including phenoxy) is 2. The standard InChI is InChI=1S/C13H16FNO3/c1-8(2)13(16)15-5-9-3-11(14)4-10-6-17-7-18-12(9)10/h3-4,8H,5-7H2,1-2H3,(H,15,16). The van der Waals surface area contributed by atoms with Crippen molar-refractivity contribution >= 4 is 5.91 Å². The summed E-state index contributed by atoms with van der Waals surface area (Å²) in [5, 5.41) is 2.75. The molecule has 98 valence electrons. The molecule has 0 unspecified atom stereocenters. The first-order valence-electron chi connectivity index (χ1n) is 5.87. The van der Waals surface area contributed by atoms with E-state index < -0.39 is 0 Å². The van der Waals surface area contributed by atoms with Crippen LogP contribution in [0.2, 0.25) is 0 Å². The maximum Gasteiger partial charge on any atom is 0.222 e. The maximum atomic E-state index is 13.4. The molecule has 0 aliphatic carbocycles. The van der Waals surface area contributed by atoms with Gasteiger partial charge in [-0.2, -0.15) is 0 Å². The van der Waals surface area contributed by atoms with E-state index in [1.165, 1.54) is 12.1 Å². The Hall–Kier alpha value is -1.62. The molecule has 1 aliphatic heterocycles. The van der Waals surface area contributed by atoms with Crippen LogP contribution in [0.4, 0.5) is 4.39 Å². The second kappa shape index (κ2) is 5.35. The van der Waals surface area contributed by atoms with Gasteiger partial charge >= 0.3 is 0 Å². The second-order valence-electron chi connectivity index (χ2n) is 4.54. The summed E-state index contributed by atoms with van der Waals surface area (Å²) in [7, 11) is 0. The van der Waals surface area contributed by atoms with Gasteiger partial charge in [-0.1, -0.05) is 13.8 Å². The van der Waals surface area contributed by atoms with E-state index in [0.29, 0.717) is 23.5 Å². The molecule has 1 aromatic rings. The van der Waals surface area contributed by atoms with E-state index in [1.54, 1.807) is 13.8 Å². The summed E-state index contributed by atoms with van der Waals surface area (Å²) >= 11 is 0. The Kier molecular flexibility index (Phi) is 3.81. The van der Waals surface area contributed by atoms with Crippen LogP contribution in [0.3, 0.4) is 0 Å². The largest absolute Gasteiger partial charge is 0.467 e. The molecule has 0 aromatic heterocycles. The molecule has 1 aliphatic rings. The number of halogens is 1. The quantitative estimate of drug-likeness (QED) is 0.895. The number of carbonyl (C=O) groups excluding carboxylic acids is 1. The minimum absolute atomic E-state index is 0.0694. The molecule has 2 rings (SSSR count). The Morgan fingerprint density at radius 2 is 2.28 bits per heavy atom. The Morgan fingerprint density at radius 3 is 3.00 bits per heavy atom. The minimum Gasteiger partial charge on any atom is -0.467 e. The zero-order valence-corrected chi connectivity index (χ0v) is 10.5. The lowest BCUT2D eigenvalue weighted by atomic mass is 10.1. The summed E-state index contributed by atoms with van der Waals surface area (Å²) in [5.74, 6) is 0.0991. The maximum absolute atomic E-state index is 13.4. The van der Waals surface area contributed by atoms with Crippen molar-refractivity contribution < 1.29 is 18.7 Å². The Balaban J connectivity index is 2.17. The molecule has 1 amide bonds. The predicted octanol–water partition coefficient (Wildman–Crippen LogP) is 1.96. The van der Waals surface area contributed by atoms with Crippen molar-refractivity contribution in [3.8, 4) is 5.75 Å². The van der Waals surface area contributed by atoms with Gasteiger partial charge < -0.3 is 14.8 Å². The highest BCUT2D eigenvalue weighted by Crippen LogP contribution is 2.29. The molecule has 0 saturated heterocycles. The number of rotatable bonds is 3. The van der Waals surface area contributed by atoms with E-state index >= 15 is 0 Å². The van der Waals surface area contributed by atoms with E-state index in [9.17, 15) is 9.18 Å². The molecule has 0 radical (unpaired) electrons. The third-order valence-corrected chi connectivity index (χ3v) is 2.73. The van der Waals surface area contributed by atoms with Crippen LogP contribution in [-0.2, 0) is 22.7 Å². The first-order valence-corrected chi connectivity index (χ1v) is 5.87. The van der Waals surface area contributed by atoms with Crippen molar-refractivity contribution in [2.45, 2.75) is 27.0 Å². The van der Waals surface area contributed by atoms with Gasteiger partial charge in [-0.3, -0.25) is 4.79 Å². The molecule has 1 N–H and O–H groups in total. The van der Waals surface area contributed by atoms with E-state index in [0.717, 1.165) is 0 Å². The van der Waals surface area contributed by atoms with Gasteiger partial charge in [-0.15, -0.1) is 0 Å². The SMILES string of the molecule is CC(C)C(=O)NCc1cc(F)cc2c1OCOC2. The number of hydrogen-bond acceptors (Lipinski definition) is 3. The molecule has 18 heavy (non-hydrogen) atoms. The van der Waals surface area contributed by atoms with Crippen LogP contribution in [0, 0.1) is 11.7 Å². The lowest BCUT2D eigenvalue weighted by Gasteiger charge is -2.21. The Labute approximate surface area is 105 Å². The van der Waals surface area contributed by atoms with Crippen LogP contribution in [0.15, 0.2) is 12.1 Å². The highest BCUT2D eigenvalue weighted by molar-refractivity contribution is 5.77. The average Bonchev–Trinajstić information content (AvgIpc) is 2.35. The third kappa shape index (κ3) is 2.79. The molecule has 0 spiro atoms. The normalized spacial score (nSPS) is 14.0. The van der Waals surface area contributed by atoms with Gasteiger partial charge in [0.2, 0.25) is 5.91 Å². The van der Waals surface area contributed by atoms with Crippen LogP contribution in [0.5, 0.6) is 5.75 Å². The first kappa shape index (κ1) is 12.8. The molecule has 4 nitrogen and oxygen atoms in total. The number of hydrogen-bond donors (Lipinski definition) is 1. The molecule has 5 heteroatoms. The van der Waals surface area contributed by atoms with Crippen LogP contribution in [-0.4, -0.2) is 12.7 Å². The number of fused-ring (bicyclic) bond motifs is 1. The monoisotopic (exact) mass is 253 g/mol. The fraction of sp³-hybridized carbons (Fsp3) is 0.462. The molecule has 0 fully saturated rings. The molecule has 0 saturated carbocycles. The van der Waals surface area contributed by atoms with E-state index in [-0.39, 0.29) is 31.0 Å². The van der Waals surface area contributed by atoms with Gasteiger partial charge in [-0.25, -0.2) is 4.39 Å². The lowest BCUT2D eigenvalue weighted by molar-refractivity contribution is -0.124. The van der Waals surface area contributed by atoms with Gasteiger partial charge in [0, 0.05) is 23.6 Å². The summed E-state index contributed by atoms with van der Waals surface area (Å²) in [6, 6.07) is 2.77. The summed E-state index contributed by atoms with van der Waals surface area (Å²) in [5.41, 5.74) is 1.32. The molecule has 1 aromatic carbocycles. The van der Waals surface area contributed by atoms with Crippen molar-refractivity contribution in [2.75, 3.05) is 6.79 Å². The first-order chi connectivity index (χ1) is 8.58. The van der Waals surface area contributed by atoms with Crippen molar-refractivity contribution in [1.82, 2.24) is 5.32 Å². The molecule has 0 atom stereocenters. The number of nitrogens with one attached hydrogen (secondary N) is 1. The zero-order chi connectivity index (χ0) is 13.1. The minimum atomic E-state index is -0.350. The van der Waals surface area contributed by atoms with E-state index in [1.807, 2.05) is 0 Å². The van der Waals surface area contributed by atoms with Crippen LogP contribution < -0.4 is 10.1 Å². The van der Waals surface area contributed by atoms with Gasteiger partial charge in [-0.05, 0) is 12.1 Å². The summed E-state index contributed by atoms with van der Waals surface area (Å²) in [4.78, 5) is 11.5. The topological polar surface area (TPSA) is 47.6 Å². The number of carbonyl (C=O) groups is 1. The van der Waals surface area contributed by atoms with E-state index in [2.05, 4.69) is 5.32 Å². The van der Waals surface area contributed by atoms with E-state index in [4.69, 9.17) is 9.47 Å². The molecule has 0 bridgehead atoms. The summed E-state index contributed by atoms with van der Waals surface area (Å²) in [6.45, 7) is 4.36. The molecule has 1 heterocycles. The van der Waals surface area contributed by atoms with Gasteiger partial charge in [0.15, 0.2) is 6.79 Å². The van der Waals surface area contributed by atoms with Crippen molar-refractivity contribution in [3.63, 3.8) is 0 Å². The number of amides is 1. The van der Waals surface area contributed by atoms with Gasteiger partial charge in [0.1, 0.15) is 11.6 Å². The Morgan fingerprint density at radius 1 is 1.50 bits per heavy atom. The van der Waals surface area contributed by atoms with Crippen molar-refractivity contribution in [3.05, 3.63) is 29.1 Å². The van der Waals surface area contributed by atoms with Crippen LogP contribution in [0.1, 0.15) is 25.0 Å². The zero-order valence-electron chi connectivity index (χ0n) is 10.5. The molecular weight excluding hydrogens is 237 g/mol. The predicted molar refractivity (Wildman–Crippen MR) is 63.4 cm³/mol. The highest BCUT2D eigenvalue weighted by atomic mass is 19.1. The van der Waals surface area contributed by atoms with Gasteiger partial charge in [0.25, 0.3) is 0 Å². The average molecular weight is 253 g/mol. The number of benzene rings is 1. The van der Waals surface area contributed by atoms with Gasteiger partial charge in [0.05, 0.1) is 6.61 Å². The summed E-state index contributed by atoms with van der Waals surface area (Å²) in [6.07, 6.45) is 0. The lowest BCUT2D eigenvalue weighted by Crippen LogP contribution is -2.28. The fourth-order valence-electron chi connectivity index (χ4n) is 1.77. The Bertz CT molecular complexity index is 460. The molecular formula is C13H16FNO3. The highest BCUT2D eigenvalue weighted by Gasteiger charge is 2.17. The third-order valence-electron chi connectivity index (χ3n) is 2.73. The smallest absolute Gasteiger partial charge is 0.222 e. The second-order valence-corrected chi connectivity index (χ2v) is 4.54. The van der Waals surface area contributed by atoms with Crippen LogP contribution >= 0.6 is 0 Å².